The molecule has 7 nitrogen and oxygen atoms in total. The number of aromatic carboxylic acids is 1. The lowest BCUT2D eigenvalue weighted by molar-refractivity contribution is -0.138. The fraction of sp³-hybridized carbons (Fsp3) is 0.545. The number of imidazole rings is 1. The maximum absolute atomic E-state index is 11.1. The van der Waals surface area contributed by atoms with Crippen molar-refractivity contribution in [2.45, 2.75) is 38.3 Å². The summed E-state index contributed by atoms with van der Waals surface area (Å²) in [6, 6.07) is -1.06. The van der Waals surface area contributed by atoms with E-state index < -0.39 is 18.0 Å². The molecule has 1 aliphatic heterocycles. The molecule has 0 saturated heterocycles. The van der Waals surface area contributed by atoms with Gasteiger partial charge in [0, 0.05) is 13.0 Å². The predicted octanol–water partition coefficient (Wildman–Crippen LogP) is -0.128. The van der Waals surface area contributed by atoms with Gasteiger partial charge < -0.3 is 20.5 Å². The van der Waals surface area contributed by atoms with Crippen LogP contribution < -0.4 is 5.73 Å². The Bertz CT molecular complexity index is 495. The standard InChI is InChI=1S/C11H15N3O4/c12-6(10(15)16)5-8-13-9(11(17)18)7-3-1-2-4-14(7)8/h6H,1-5,12H2,(H,15,16)(H,17,18). The highest BCUT2D eigenvalue weighted by molar-refractivity contribution is 5.87. The molecule has 2 heterocycles. The summed E-state index contributed by atoms with van der Waals surface area (Å²) in [6.07, 6.45) is 2.58. The minimum atomic E-state index is -1.11. The zero-order valence-corrected chi connectivity index (χ0v) is 9.80. The van der Waals surface area contributed by atoms with Gasteiger partial charge in [0.1, 0.15) is 11.9 Å². The van der Waals surface area contributed by atoms with E-state index in [0.29, 0.717) is 24.5 Å². The lowest BCUT2D eigenvalue weighted by Crippen LogP contribution is -2.33. The Hall–Kier alpha value is -1.89. The van der Waals surface area contributed by atoms with Crippen LogP contribution >= 0.6 is 0 Å². The van der Waals surface area contributed by atoms with Crippen molar-refractivity contribution >= 4 is 11.9 Å². The lowest BCUT2D eigenvalue weighted by atomic mass is 10.1. The van der Waals surface area contributed by atoms with Crippen molar-refractivity contribution < 1.29 is 19.8 Å². The van der Waals surface area contributed by atoms with Crippen molar-refractivity contribution in [1.82, 2.24) is 9.55 Å². The Kier molecular flexibility index (Phi) is 3.33. The second kappa shape index (κ2) is 4.77. The molecule has 1 aromatic heterocycles. The Morgan fingerprint density at radius 3 is 2.72 bits per heavy atom. The second-order valence-electron chi connectivity index (χ2n) is 4.39. The average Bonchev–Trinajstić information content (AvgIpc) is 2.68. The molecule has 1 aliphatic rings. The van der Waals surface area contributed by atoms with Crippen LogP contribution in [-0.4, -0.2) is 37.7 Å². The van der Waals surface area contributed by atoms with Gasteiger partial charge in [-0.1, -0.05) is 0 Å². The van der Waals surface area contributed by atoms with Crippen LogP contribution in [0.1, 0.15) is 34.8 Å². The molecule has 1 unspecified atom stereocenters. The number of hydrogen-bond donors (Lipinski definition) is 3. The van der Waals surface area contributed by atoms with E-state index in [1.807, 2.05) is 0 Å². The number of carbonyl (C=O) groups is 2. The van der Waals surface area contributed by atoms with Gasteiger partial charge in [-0.2, -0.15) is 0 Å². The zero-order valence-electron chi connectivity index (χ0n) is 9.80. The largest absolute Gasteiger partial charge is 0.480 e. The van der Waals surface area contributed by atoms with Crippen molar-refractivity contribution in [3.05, 3.63) is 17.2 Å². The van der Waals surface area contributed by atoms with Gasteiger partial charge in [-0.05, 0) is 19.3 Å². The summed E-state index contributed by atoms with van der Waals surface area (Å²) in [7, 11) is 0. The third kappa shape index (κ3) is 2.21. The molecule has 0 aliphatic carbocycles. The summed E-state index contributed by atoms with van der Waals surface area (Å²) in [5.74, 6) is -1.73. The first-order valence-electron chi connectivity index (χ1n) is 5.80. The Balaban J connectivity index is 2.36. The van der Waals surface area contributed by atoms with Crippen molar-refractivity contribution in [2.24, 2.45) is 5.73 Å². The smallest absolute Gasteiger partial charge is 0.356 e. The minimum absolute atomic E-state index is 0.0299. The fourth-order valence-electron chi connectivity index (χ4n) is 2.23. The summed E-state index contributed by atoms with van der Waals surface area (Å²) < 4.78 is 1.80. The fourth-order valence-corrected chi connectivity index (χ4v) is 2.23. The van der Waals surface area contributed by atoms with Crippen LogP contribution in [0.5, 0.6) is 0 Å². The molecule has 2 rings (SSSR count). The van der Waals surface area contributed by atoms with E-state index in [4.69, 9.17) is 15.9 Å². The molecule has 0 fully saturated rings. The Labute approximate surface area is 103 Å². The highest BCUT2D eigenvalue weighted by atomic mass is 16.4. The van der Waals surface area contributed by atoms with Crippen LogP contribution in [0, 0.1) is 0 Å². The summed E-state index contributed by atoms with van der Waals surface area (Å²) in [5, 5.41) is 17.9. The lowest BCUT2D eigenvalue weighted by Gasteiger charge is -2.17. The van der Waals surface area contributed by atoms with E-state index in [2.05, 4.69) is 4.98 Å². The van der Waals surface area contributed by atoms with Crippen molar-refractivity contribution in [3.8, 4) is 0 Å². The topological polar surface area (TPSA) is 118 Å². The molecule has 0 amide bonds. The predicted molar refractivity (Wildman–Crippen MR) is 61.4 cm³/mol. The Morgan fingerprint density at radius 2 is 2.11 bits per heavy atom. The molecule has 7 heteroatoms. The quantitative estimate of drug-likeness (QED) is 0.688. The van der Waals surface area contributed by atoms with Crippen molar-refractivity contribution in [1.29, 1.82) is 0 Å². The van der Waals surface area contributed by atoms with Gasteiger partial charge in [-0.25, -0.2) is 9.78 Å². The van der Waals surface area contributed by atoms with Crippen LogP contribution in [0.3, 0.4) is 0 Å². The number of aromatic nitrogens is 2. The van der Waals surface area contributed by atoms with Gasteiger partial charge >= 0.3 is 11.9 Å². The number of fused-ring (bicyclic) bond motifs is 1. The van der Waals surface area contributed by atoms with Gasteiger partial charge in [0.25, 0.3) is 0 Å². The molecule has 0 bridgehead atoms. The van der Waals surface area contributed by atoms with Crippen LogP contribution in [0.4, 0.5) is 0 Å². The highest BCUT2D eigenvalue weighted by Gasteiger charge is 2.25. The number of carboxylic acid groups (broad SMARTS) is 2. The molecule has 98 valence electrons. The number of hydrogen-bond acceptors (Lipinski definition) is 4. The number of carboxylic acids is 2. The zero-order chi connectivity index (χ0) is 13.3. The highest BCUT2D eigenvalue weighted by Crippen LogP contribution is 2.21. The van der Waals surface area contributed by atoms with E-state index in [9.17, 15) is 9.59 Å². The first-order valence-corrected chi connectivity index (χ1v) is 5.80. The molecule has 0 saturated carbocycles. The molecule has 0 spiro atoms. The summed E-state index contributed by atoms with van der Waals surface area (Å²) in [5.41, 5.74) is 6.18. The van der Waals surface area contributed by atoms with Gasteiger partial charge in [0.05, 0.1) is 5.69 Å². The van der Waals surface area contributed by atoms with Gasteiger partial charge in [0.2, 0.25) is 0 Å². The molecule has 0 radical (unpaired) electrons. The third-order valence-corrected chi connectivity index (χ3v) is 3.12. The second-order valence-corrected chi connectivity index (χ2v) is 4.39. The van der Waals surface area contributed by atoms with Crippen LogP contribution in [0.25, 0.3) is 0 Å². The van der Waals surface area contributed by atoms with Crippen molar-refractivity contribution in [3.63, 3.8) is 0 Å². The van der Waals surface area contributed by atoms with Gasteiger partial charge in [-0.15, -0.1) is 0 Å². The first-order chi connectivity index (χ1) is 8.50. The SMILES string of the molecule is NC(Cc1nc(C(=O)O)c2n1CCCC2)C(=O)O. The van der Waals surface area contributed by atoms with Crippen LogP contribution in [-0.2, 0) is 24.2 Å². The average molecular weight is 253 g/mol. The van der Waals surface area contributed by atoms with E-state index in [1.54, 1.807) is 4.57 Å². The minimum Gasteiger partial charge on any atom is -0.480 e. The molecular weight excluding hydrogens is 238 g/mol. The molecule has 1 aromatic rings. The third-order valence-electron chi connectivity index (χ3n) is 3.12. The number of aliphatic carboxylic acids is 1. The normalized spacial score (nSPS) is 16.1. The van der Waals surface area contributed by atoms with Crippen LogP contribution in [0.2, 0.25) is 0 Å². The summed E-state index contributed by atoms with van der Waals surface area (Å²) in [6.45, 7) is 0.678. The van der Waals surface area contributed by atoms with Crippen molar-refractivity contribution in [2.75, 3.05) is 0 Å². The molecule has 0 aromatic carbocycles. The summed E-state index contributed by atoms with van der Waals surface area (Å²) >= 11 is 0. The van der Waals surface area contributed by atoms with E-state index in [-0.39, 0.29) is 12.1 Å². The van der Waals surface area contributed by atoms with E-state index >= 15 is 0 Å². The number of nitrogens with two attached hydrogens (primary N) is 1. The van der Waals surface area contributed by atoms with Gasteiger partial charge in [0.15, 0.2) is 5.69 Å². The monoisotopic (exact) mass is 253 g/mol. The summed E-state index contributed by atoms with van der Waals surface area (Å²) in [4.78, 5) is 25.9. The molecule has 18 heavy (non-hydrogen) atoms. The number of nitrogens with zero attached hydrogens (tertiary/aromatic N) is 2. The first kappa shape index (κ1) is 12.6. The van der Waals surface area contributed by atoms with E-state index in [0.717, 1.165) is 12.8 Å². The maximum atomic E-state index is 11.1. The molecular formula is C11H15N3O4. The maximum Gasteiger partial charge on any atom is 0.356 e. The van der Waals surface area contributed by atoms with Gasteiger partial charge in [-0.3, -0.25) is 4.79 Å². The number of rotatable bonds is 4. The van der Waals surface area contributed by atoms with Crippen LogP contribution in [0.15, 0.2) is 0 Å². The van der Waals surface area contributed by atoms with E-state index in [1.165, 1.54) is 0 Å². The molecule has 4 N–H and O–H groups in total. The Morgan fingerprint density at radius 1 is 1.39 bits per heavy atom. The molecule has 1 atom stereocenters.